The average Bonchev–Trinajstić information content (AvgIpc) is 2.78. The Morgan fingerprint density at radius 1 is 1.43 bits per heavy atom. The maximum Gasteiger partial charge on any atom is 0.224 e. The van der Waals surface area contributed by atoms with Gasteiger partial charge in [-0.05, 0) is 53.2 Å². The molecule has 9 heteroatoms. The molecule has 1 fully saturated rings. The fraction of sp³-hybridized carbons (Fsp3) is 0.500. The third kappa shape index (κ3) is 4.27. The second kappa shape index (κ2) is 6.45. The predicted octanol–water partition coefficient (Wildman–Crippen LogP) is 1.84. The molecular formula is C14H17BrF2N2O3S. The summed E-state index contributed by atoms with van der Waals surface area (Å²) in [5.41, 5.74) is 4.61. The summed E-state index contributed by atoms with van der Waals surface area (Å²) < 4.78 is 52.5. The number of nitrogens with two attached hydrogens (primary N) is 1. The topological polar surface area (TPSA) is 89.3 Å². The number of halogens is 3. The first-order valence-electron chi connectivity index (χ1n) is 6.93. The van der Waals surface area contributed by atoms with Gasteiger partial charge in [0.15, 0.2) is 0 Å². The fourth-order valence-corrected chi connectivity index (χ4v) is 4.26. The van der Waals surface area contributed by atoms with Crippen molar-refractivity contribution in [3.05, 3.63) is 33.8 Å². The lowest BCUT2D eigenvalue weighted by Gasteiger charge is -2.26. The van der Waals surface area contributed by atoms with Crippen molar-refractivity contribution in [1.29, 1.82) is 0 Å². The molecule has 23 heavy (non-hydrogen) atoms. The van der Waals surface area contributed by atoms with Crippen molar-refractivity contribution in [2.24, 2.45) is 11.1 Å². The monoisotopic (exact) mass is 410 g/mol. The molecule has 0 saturated heterocycles. The number of hydrogen-bond acceptors (Lipinski definition) is 3. The standard InChI is InChI=1S/C14H17BrF2N2O3S/c1-23(21,22)19-9-2-3-14(7-9,13(18)20)6-8-4-10(15)12(17)5-11(8)16/h4-5,9,19H,2-3,6-7H2,1H3,(H2,18,20)/t9-,14+/m0/s1. The molecule has 2 atom stereocenters. The van der Waals surface area contributed by atoms with Gasteiger partial charge in [-0.25, -0.2) is 21.9 Å². The maximum atomic E-state index is 14.0. The van der Waals surface area contributed by atoms with Gasteiger partial charge >= 0.3 is 0 Å². The third-order valence-corrected chi connectivity index (χ3v) is 5.50. The van der Waals surface area contributed by atoms with E-state index in [1.165, 1.54) is 6.07 Å². The van der Waals surface area contributed by atoms with E-state index in [0.717, 1.165) is 12.3 Å². The lowest BCUT2D eigenvalue weighted by atomic mass is 9.79. The zero-order valence-corrected chi connectivity index (χ0v) is 14.8. The molecule has 5 nitrogen and oxygen atoms in total. The average molecular weight is 411 g/mol. The van der Waals surface area contributed by atoms with Gasteiger partial charge < -0.3 is 5.73 Å². The SMILES string of the molecule is CS(=O)(=O)N[C@H]1CC[C@](Cc2cc(Br)c(F)cc2F)(C(N)=O)C1. The number of hydrogen-bond donors (Lipinski definition) is 2. The van der Waals surface area contributed by atoms with Gasteiger partial charge in [0, 0.05) is 12.1 Å². The van der Waals surface area contributed by atoms with Gasteiger partial charge in [-0.2, -0.15) is 0 Å². The van der Waals surface area contributed by atoms with Crippen LogP contribution in [-0.2, 0) is 21.2 Å². The van der Waals surface area contributed by atoms with E-state index in [1.807, 2.05) is 0 Å². The first kappa shape index (κ1) is 18.3. The second-order valence-electron chi connectivity index (χ2n) is 6.01. The molecular weight excluding hydrogens is 394 g/mol. The number of benzene rings is 1. The molecule has 0 aromatic heterocycles. The van der Waals surface area contributed by atoms with Crippen LogP contribution in [0.5, 0.6) is 0 Å². The Kier molecular flexibility index (Phi) is 5.12. The molecule has 2 rings (SSSR count). The fourth-order valence-electron chi connectivity index (χ4n) is 3.06. The van der Waals surface area contributed by atoms with E-state index in [0.29, 0.717) is 12.8 Å². The van der Waals surface area contributed by atoms with Crippen LogP contribution in [-0.4, -0.2) is 26.6 Å². The molecule has 1 amide bonds. The highest BCUT2D eigenvalue weighted by Crippen LogP contribution is 2.42. The molecule has 0 spiro atoms. The normalized spacial score (nSPS) is 24.8. The predicted molar refractivity (Wildman–Crippen MR) is 85.0 cm³/mol. The van der Waals surface area contributed by atoms with Crippen LogP contribution < -0.4 is 10.5 Å². The number of rotatable bonds is 5. The van der Waals surface area contributed by atoms with Crippen molar-refractivity contribution in [1.82, 2.24) is 4.72 Å². The highest BCUT2D eigenvalue weighted by Gasteiger charge is 2.45. The molecule has 0 unspecified atom stereocenters. The number of carbonyl (C=O) groups excluding carboxylic acids is 1. The Hall–Kier alpha value is -1.06. The summed E-state index contributed by atoms with van der Waals surface area (Å²) in [4.78, 5) is 11.9. The Balaban J connectivity index is 2.27. The Bertz CT molecular complexity index is 742. The molecule has 1 aliphatic carbocycles. The van der Waals surface area contributed by atoms with Gasteiger partial charge in [-0.15, -0.1) is 0 Å². The first-order valence-corrected chi connectivity index (χ1v) is 9.61. The van der Waals surface area contributed by atoms with E-state index in [1.54, 1.807) is 0 Å². The second-order valence-corrected chi connectivity index (χ2v) is 8.64. The molecule has 0 aliphatic heterocycles. The molecule has 1 aromatic rings. The minimum absolute atomic E-state index is 0.00497. The van der Waals surface area contributed by atoms with E-state index in [-0.39, 0.29) is 22.9 Å². The number of sulfonamides is 1. The molecule has 0 heterocycles. The summed E-state index contributed by atoms with van der Waals surface area (Å²) in [6.07, 6.45) is 1.98. The third-order valence-electron chi connectivity index (χ3n) is 4.13. The lowest BCUT2D eigenvalue weighted by Crippen LogP contribution is -2.40. The molecule has 1 saturated carbocycles. The van der Waals surface area contributed by atoms with Crippen LogP contribution in [0.15, 0.2) is 16.6 Å². The summed E-state index contributed by atoms with van der Waals surface area (Å²) >= 11 is 2.99. The van der Waals surface area contributed by atoms with Gasteiger partial charge in [0.25, 0.3) is 0 Å². The lowest BCUT2D eigenvalue weighted by molar-refractivity contribution is -0.127. The highest BCUT2D eigenvalue weighted by atomic mass is 79.9. The molecule has 0 bridgehead atoms. The smallest absolute Gasteiger partial charge is 0.224 e. The summed E-state index contributed by atoms with van der Waals surface area (Å²) in [5, 5.41) is 0. The number of nitrogens with one attached hydrogen (secondary N) is 1. The van der Waals surface area contributed by atoms with Crippen molar-refractivity contribution in [2.75, 3.05) is 6.26 Å². The number of amides is 1. The van der Waals surface area contributed by atoms with Crippen LogP contribution in [0, 0.1) is 17.0 Å². The van der Waals surface area contributed by atoms with Crippen molar-refractivity contribution >= 4 is 31.9 Å². The number of carbonyl (C=O) groups is 1. The van der Waals surface area contributed by atoms with E-state index in [4.69, 9.17) is 5.73 Å². The Labute approximate surface area is 141 Å². The van der Waals surface area contributed by atoms with E-state index >= 15 is 0 Å². The van der Waals surface area contributed by atoms with Crippen LogP contribution in [0.4, 0.5) is 8.78 Å². The zero-order chi connectivity index (χ0) is 17.4. The maximum absolute atomic E-state index is 14.0. The first-order chi connectivity index (χ1) is 10.5. The van der Waals surface area contributed by atoms with E-state index < -0.39 is 39.0 Å². The summed E-state index contributed by atoms with van der Waals surface area (Å²) in [5.74, 6) is -2.11. The van der Waals surface area contributed by atoms with Crippen LogP contribution in [0.25, 0.3) is 0 Å². The van der Waals surface area contributed by atoms with Crippen LogP contribution in [0.3, 0.4) is 0 Å². The number of primary amides is 1. The van der Waals surface area contributed by atoms with Crippen molar-refractivity contribution in [3.8, 4) is 0 Å². The van der Waals surface area contributed by atoms with E-state index in [9.17, 15) is 22.0 Å². The quantitative estimate of drug-likeness (QED) is 0.725. The highest BCUT2D eigenvalue weighted by molar-refractivity contribution is 9.10. The van der Waals surface area contributed by atoms with Gasteiger partial charge in [0.2, 0.25) is 15.9 Å². The van der Waals surface area contributed by atoms with Crippen molar-refractivity contribution in [3.63, 3.8) is 0 Å². The zero-order valence-electron chi connectivity index (χ0n) is 12.4. The van der Waals surface area contributed by atoms with Crippen LogP contribution in [0.1, 0.15) is 24.8 Å². The van der Waals surface area contributed by atoms with Gasteiger partial charge in [-0.1, -0.05) is 0 Å². The minimum atomic E-state index is -3.41. The minimum Gasteiger partial charge on any atom is -0.369 e. The summed E-state index contributed by atoms with van der Waals surface area (Å²) in [6, 6.07) is 1.60. The Morgan fingerprint density at radius 3 is 2.65 bits per heavy atom. The van der Waals surface area contributed by atoms with Gasteiger partial charge in [-0.3, -0.25) is 4.79 Å². The molecule has 1 aromatic carbocycles. The summed E-state index contributed by atoms with van der Waals surface area (Å²) in [7, 11) is -3.41. The van der Waals surface area contributed by atoms with Crippen molar-refractivity contribution in [2.45, 2.75) is 31.7 Å². The molecule has 1 aliphatic rings. The van der Waals surface area contributed by atoms with E-state index in [2.05, 4.69) is 20.7 Å². The van der Waals surface area contributed by atoms with Gasteiger partial charge in [0.1, 0.15) is 11.6 Å². The largest absolute Gasteiger partial charge is 0.369 e. The van der Waals surface area contributed by atoms with Crippen LogP contribution in [0.2, 0.25) is 0 Å². The Morgan fingerprint density at radius 2 is 2.09 bits per heavy atom. The summed E-state index contributed by atoms with van der Waals surface area (Å²) in [6.45, 7) is 0. The molecule has 128 valence electrons. The van der Waals surface area contributed by atoms with Gasteiger partial charge in [0.05, 0.1) is 16.1 Å². The molecule has 3 N–H and O–H groups in total. The van der Waals surface area contributed by atoms with Crippen LogP contribution >= 0.6 is 15.9 Å². The van der Waals surface area contributed by atoms with Crippen molar-refractivity contribution < 1.29 is 22.0 Å². The molecule has 0 radical (unpaired) electrons.